The summed E-state index contributed by atoms with van der Waals surface area (Å²) in [5.41, 5.74) is -0.267. The van der Waals surface area contributed by atoms with Gasteiger partial charge in [0.25, 0.3) is 0 Å². The Morgan fingerprint density at radius 3 is 2.44 bits per heavy atom. The zero-order valence-electron chi connectivity index (χ0n) is 10.6. The van der Waals surface area contributed by atoms with Gasteiger partial charge in [0.2, 0.25) is 10.0 Å². The van der Waals surface area contributed by atoms with E-state index in [1.54, 1.807) is 6.07 Å². The number of sulfonamides is 1. The maximum atomic E-state index is 12.1. The van der Waals surface area contributed by atoms with Crippen molar-refractivity contribution in [3.63, 3.8) is 0 Å². The lowest BCUT2D eigenvalue weighted by Gasteiger charge is -2.30. The molecule has 18 heavy (non-hydrogen) atoms. The molecule has 1 heterocycles. The molecule has 0 fully saturated rings. The Bertz CT molecular complexity index is 491. The van der Waals surface area contributed by atoms with Crippen molar-refractivity contribution in [2.75, 3.05) is 6.61 Å². The van der Waals surface area contributed by atoms with Crippen LogP contribution in [0.4, 0.5) is 0 Å². The Balaban J connectivity index is 2.93. The molecule has 0 saturated carbocycles. The van der Waals surface area contributed by atoms with Crippen LogP contribution in [0.2, 0.25) is 4.34 Å². The summed E-state index contributed by atoms with van der Waals surface area (Å²) >= 11 is 6.76. The van der Waals surface area contributed by atoms with E-state index in [9.17, 15) is 8.42 Å². The molecular formula is C11H18ClNO3S2. The SMILES string of the molecule is CC(C)(C)C(CCO)NS(=O)(=O)c1ccc(Cl)s1. The highest BCUT2D eigenvalue weighted by molar-refractivity contribution is 7.91. The van der Waals surface area contributed by atoms with E-state index in [0.29, 0.717) is 10.8 Å². The molecule has 1 aromatic heterocycles. The summed E-state index contributed by atoms with van der Waals surface area (Å²) in [6.07, 6.45) is 0.377. The average Bonchev–Trinajstić information content (AvgIpc) is 2.63. The van der Waals surface area contributed by atoms with Gasteiger partial charge in [0.05, 0.1) is 4.34 Å². The Morgan fingerprint density at radius 2 is 2.06 bits per heavy atom. The molecule has 104 valence electrons. The van der Waals surface area contributed by atoms with Crippen LogP contribution in [0.25, 0.3) is 0 Å². The summed E-state index contributed by atoms with van der Waals surface area (Å²) in [5, 5.41) is 9.02. The van der Waals surface area contributed by atoms with Crippen molar-refractivity contribution in [2.45, 2.75) is 37.4 Å². The van der Waals surface area contributed by atoms with Gasteiger partial charge in [0.1, 0.15) is 4.21 Å². The molecule has 0 aliphatic carbocycles. The van der Waals surface area contributed by atoms with Gasteiger partial charge in [0.15, 0.2) is 0 Å². The second kappa shape index (κ2) is 5.88. The first-order chi connectivity index (χ1) is 8.16. The van der Waals surface area contributed by atoms with Gasteiger partial charge in [-0.2, -0.15) is 0 Å². The molecule has 0 bridgehead atoms. The van der Waals surface area contributed by atoms with Crippen molar-refractivity contribution < 1.29 is 13.5 Å². The molecule has 7 heteroatoms. The monoisotopic (exact) mass is 311 g/mol. The van der Waals surface area contributed by atoms with Gasteiger partial charge < -0.3 is 5.11 Å². The molecule has 1 atom stereocenters. The van der Waals surface area contributed by atoms with E-state index < -0.39 is 10.0 Å². The average molecular weight is 312 g/mol. The second-order valence-corrected chi connectivity index (χ2v) is 8.77. The third kappa shape index (κ3) is 4.20. The number of aliphatic hydroxyl groups is 1. The van der Waals surface area contributed by atoms with Crippen LogP contribution in [0.5, 0.6) is 0 Å². The predicted octanol–water partition coefficient (Wildman–Crippen LogP) is 2.48. The Hall–Kier alpha value is -0.140. The summed E-state index contributed by atoms with van der Waals surface area (Å²) in [4.78, 5) is 0. The number of rotatable bonds is 5. The van der Waals surface area contributed by atoms with Gasteiger partial charge in [0, 0.05) is 12.6 Å². The maximum Gasteiger partial charge on any atom is 0.250 e. The summed E-state index contributed by atoms with van der Waals surface area (Å²) in [6, 6.07) is 2.71. The van der Waals surface area contributed by atoms with Gasteiger partial charge in [-0.1, -0.05) is 32.4 Å². The van der Waals surface area contributed by atoms with E-state index in [-0.39, 0.29) is 22.3 Å². The summed E-state index contributed by atoms with van der Waals surface area (Å²) in [6.45, 7) is 5.72. The van der Waals surface area contributed by atoms with Gasteiger partial charge >= 0.3 is 0 Å². The number of aliphatic hydroxyl groups excluding tert-OH is 1. The molecule has 1 unspecified atom stereocenters. The van der Waals surface area contributed by atoms with Crippen LogP contribution in [0.15, 0.2) is 16.3 Å². The highest BCUT2D eigenvalue weighted by Gasteiger charge is 2.29. The third-order valence-electron chi connectivity index (χ3n) is 2.57. The summed E-state index contributed by atoms with van der Waals surface area (Å²) in [7, 11) is -3.57. The minimum absolute atomic E-state index is 0.0599. The van der Waals surface area contributed by atoms with Gasteiger partial charge in [-0.25, -0.2) is 13.1 Å². The topological polar surface area (TPSA) is 66.4 Å². The van der Waals surface area contributed by atoms with Crippen molar-refractivity contribution in [1.29, 1.82) is 0 Å². The molecule has 0 radical (unpaired) electrons. The van der Waals surface area contributed by atoms with Crippen LogP contribution >= 0.6 is 22.9 Å². The van der Waals surface area contributed by atoms with E-state index >= 15 is 0 Å². The van der Waals surface area contributed by atoms with Crippen molar-refractivity contribution in [1.82, 2.24) is 4.72 Å². The fraction of sp³-hybridized carbons (Fsp3) is 0.636. The van der Waals surface area contributed by atoms with Crippen LogP contribution in [-0.4, -0.2) is 26.2 Å². The molecular weight excluding hydrogens is 294 g/mol. The van der Waals surface area contributed by atoms with Crippen LogP contribution in [-0.2, 0) is 10.0 Å². The molecule has 0 saturated heterocycles. The summed E-state index contributed by atoms with van der Waals surface area (Å²) in [5.74, 6) is 0. The lowest BCUT2D eigenvalue weighted by atomic mass is 9.86. The minimum atomic E-state index is -3.57. The second-order valence-electron chi connectivity index (χ2n) is 5.11. The lowest BCUT2D eigenvalue weighted by molar-refractivity contribution is 0.214. The fourth-order valence-electron chi connectivity index (χ4n) is 1.49. The molecule has 0 spiro atoms. The molecule has 1 rings (SSSR count). The van der Waals surface area contributed by atoms with Crippen molar-refractivity contribution in [2.24, 2.45) is 5.41 Å². The number of hydrogen-bond acceptors (Lipinski definition) is 4. The van der Waals surface area contributed by atoms with Crippen molar-refractivity contribution in [3.8, 4) is 0 Å². The fourth-order valence-corrected chi connectivity index (χ4v) is 4.46. The van der Waals surface area contributed by atoms with E-state index in [0.717, 1.165) is 11.3 Å². The molecule has 1 aromatic rings. The number of halogens is 1. The Labute approximate surface area is 117 Å². The smallest absolute Gasteiger partial charge is 0.250 e. The first kappa shape index (κ1) is 15.9. The van der Waals surface area contributed by atoms with Gasteiger partial charge in [-0.3, -0.25) is 0 Å². The van der Waals surface area contributed by atoms with Crippen LogP contribution in [0, 0.1) is 5.41 Å². The van der Waals surface area contributed by atoms with Gasteiger partial charge in [-0.05, 0) is 24.0 Å². The quantitative estimate of drug-likeness (QED) is 0.878. The normalized spacial score (nSPS) is 14.7. The molecule has 2 N–H and O–H groups in total. The van der Waals surface area contributed by atoms with E-state index in [1.165, 1.54) is 6.07 Å². The first-order valence-electron chi connectivity index (χ1n) is 5.55. The minimum Gasteiger partial charge on any atom is -0.396 e. The highest BCUT2D eigenvalue weighted by Crippen LogP contribution is 2.28. The zero-order valence-corrected chi connectivity index (χ0v) is 13.0. The molecule has 0 amide bonds. The summed E-state index contributed by atoms with van der Waals surface area (Å²) < 4.78 is 27.5. The standard InChI is InChI=1S/C11H18ClNO3S2/c1-11(2,3)8(6-7-14)13-18(15,16)10-5-4-9(12)17-10/h4-5,8,13-14H,6-7H2,1-3H3. The molecule has 0 aliphatic rings. The predicted molar refractivity (Wildman–Crippen MR) is 74.6 cm³/mol. The molecule has 4 nitrogen and oxygen atoms in total. The Kier molecular flexibility index (Phi) is 5.20. The van der Waals surface area contributed by atoms with E-state index in [4.69, 9.17) is 16.7 Å². The van der Waals surface area contributed by atoms with E-state index in [1.807, 2.05) is 20.8 Å². The number of nitrogens with one attached hydrogen (secondary N) is 1. The van der Waals surface area contributed by atoms with E-state index in [2.05, 4.69) is 4.72 Å². The number of thiophene rings is 1. The Morgan fingerprint density at radius 1 is 1.44 bits per heavy atom. The van der Waals surface area contributed by atoms with Gasteiger partial charge in [-0.15, -0.1) is 11.3 Å². The van der Waals surface area contributed by atoms with Crippen molar-refractivity contribution >= 4 is 33.0 Å². The maximum absolute atomic E-state index is 12.1. The van der Waals surface area contributed by atoms with Crippen LogP contribution in [0.3, 0.4) is 0 Å². The largest absolute Gasteiger partial charge is 0.396 e. The van der Waals surface area contributed by atoms with Crippen LogP contribution < -0.4 is 4.72 Å². The lowest BCUT2D eigenvalue weighted by Crippen LogP contribution is -2.43. The molecule has 0 aromatic carbocycles. The van der Waals surface area contributed by atoms with Crippen LogP contribution in [0.1, 0.15) is 27.2 Å². The molecule has 0 aliphatic heterocycles. The first-order valence-corrected chi connectivity index (χ1v) is 8.23. The zero-order chi connectivity index (χ0) is 14.0. The van der Waals surface area contributed by atoms with Crippen molar-refractivity contribution in [3.05, 3.63) is 16.5 Å². The third-order valence-corrected chi connectivity index (χ3v) is 5.77. The highest BCUT2D eigenvalue weighted by atomic mass is 35.5. The number of hydrogen-bond donors (Lipinski definition) is 2.